The number of benzene rings is 2. The number of H-pyrrole nitrogens is 1. The molecule has 2 heterocycles. The standard InChI is InChI=1S/C27H35FN2O3Si/c1-18-24(33-25(14-15-31)27(18)34(2,3)28)13-10-19-8-11-21(12-9-19)30-26(32)16-20-17-29-23-7-5-4-6-22(20)23/h4-9,11-12,17-18,24-25,27,29,31H,10,13-16H2,1-3H3,(H,30,32)/t18-,24+,25-,27+/m1/s1. The van der Waals surface area contributed by atoms with Crippen molar-refractivity contribution in [2.75, 3.05) is 11.9 Å². The van der Waals surface area contributed by atoms with Crippen LogP contribution in [0.3, 0.4) is 0 Å². The molecule has 34 heavy (non-hydrogen) atoms. The number of anilines is 1. The summed E-state index contributed by atoms with van der Waals surface area (Å²) in [4.78, 5) is 15.8. The van der Waals surface area contributed by atoms with Gasteiger partial charge in [-0.15, -0.1) is 0 Å². The van der Waals surface area contributed by atoms with Gasteiger partial charge in [0, 0.05) is 34.9 Å². The molecule has 3 aromatic rings. The van der Waals surface area contributed by atoms with Crippen LogP contribution in [0.15, 0.2) is 54.7 Å². The lowest BCUT2D eigenvalue weighted by atomic mass is 9.95. The zero-order valence-corrected chi connectivity index (χ0v) is 21.2. The first-order valence-electron chi connectivity index (χ1n) is 12.1. The Hall–Kier alpha value is -2.48. The normalized spacial score (nSPS) is 22.9. The highest BCUT2D eigenvalue weighted by Gasteiger charge is 2.50. The van der Waals surface area contributed by atoms with Crippen molar-refractivity contribution in [2.24, 2.45) is 5.92 Å². The smallest absolute Gasteiger partial charge is 0.246 e. The number of amides is 1. The van der Waals surface area contributed by atoms with Crippen LogP contribution in [0.1, 0.15) is 30.9 Å². The number of aliphatic hydroxyl groups excluding tert-OH is 1. The molecule has 5 nitrogen and oxygen atoms in total. The van der Waals surface area contributed by atoms with Crippen molar-refractivity contribution in [2.45, 2.75) is 63.5 Å². The van der Waals surface area contributed by atoms with E-state index in [4.69, 9.17) is 4.74 Å². The van der Waals surface area contributed by atoms with Gasteiger partial charge in [-0.3, -0.25) is 4.79 Å². The van der Waals surface area contributed by atoms with Gasteiger partial charge < -0.3 is 24.3 Å². The Morgan fingerprint density at radius 1 is 1.12 bits per heavy atom. The van der Waals surface area contributed by atoms with Gasteiger partial charge >= 0.3 is 0 Å². The molecule has 0 bridgehead atoms. The first-order valence-corrected chi connectivity index (χ1v) is 15.1. The Morgan fingerprint density at radius 3 is 2.56 bits per heavy atom. The van der Waals surface area contributed by atoms with Crippen LogP contribution >= 0.6 is 0 Å². The maximum atomic E-state index is 14.9. The van der Waals surface area contributed by atoms with Gasteiger partial charge in [-0.1, -0.05) is 37.3 Å². The van der Waals surface area contributed by atoms with Crippen molar-refractivity contribution in [3.63, 3.8) is 0 Å². The summed E-state index contributed by atoms with van der Waals surface area (Å²) in [6, 6.07) is 15.9. The van der Waals surface area contributed by atoms with Gasteiger partial charge in [0.2, 0.25) is 14.3 Å². The van der Waals surface area contributed by atoms with E-state index in [-0.39, 0.29) is 36.2 Å². The molecule has 4 atom stereocenters. The van der Waals surface area contributed by atoms with Crippen LogP contribution in [-0.4, -0.2) is 43.2 Å². The van der Waals surface area contributed by atoms with Crippen molar-refractivity contribution in [1.29, 1.82) is 0 Å². The number of hydrogen-bond acceptors (Lipinski definition) is 3. The van der Waals surface area contributed by atoms with Gasteiger partial charge in [0.1, 0.15) is 0 Å². The first kappa shape index (κ1) is 24.6. The Balaban J connectivity index is 1.31. The quantitative estimate of drug-likeness (QED) is 0.274. The molecule has 0 aliphatic carbocycles. The lowest BCUT2D eigenvalue weighted by Gasteiger charge is -2.28. The predicted molar refractivity (Wildman–Crippen MR) is 137 cm³/mol. The molecule has 0 saturated carbocycles. The van der Waals surface area contributed by atoms with Crippen molar-refractivity contribution >= 4 is 30.9 Å². The van der Waals surface area contributed by atoms with Gasteiger partial charge in [0.15, 0.2) is 0 Å². The second-order valence-corrected chi connectivity index (χ2v) is 13.8. The van der Waals surface area contributed by atoms with Crippen LogP contribution in [0.5, 0.6) is 0 Å². The Labute approximate surface area is 201 Å². The predicted octanol–water partition coefficient (Wildman–Crippen LogP) is 5.61. The third kappa shape index (κ3) is 5.59. The van der Waals surface area contributed by atoms with E-state index in [1.54, 1.807) is 13.1 Å². The zero-order valence-electron chi connectivity index (χ0n) is 20.2. The molecule has 7 heteroatoms. The molecule has 0 spiro atoms. The number of nitrogens with one attached hydrogen (secondary N) is 2. The molecule has 2 aromatic carbocycles. The number of ether oxygens (including phenoxy) is 1. The van der Waals surface area contributed by atoms with Crippen LogP contribution < -0.4 is 5.32 Å². The molecule has 1 aliphatic heterocycles. The highest BCUT2D eigenvalue weighted by atomic mass is 28.4. The van der Waals surface area contributed by atoms with Crippen molar-refractivity contribution in [1.82, 2.24) is 4.98 Å². The third-order valence-corrected chi connectivity index (χ3v) is 9.57. The number of hydrogen-bond donors (Lipinski definition) is 3. The molecule has 0 radical (unpaired) electrons. The Morgan fingerprint density at radius 2 is 1.85 bits per heavy atom. The maximum absolute atomic E-state index is 14.9. The number of aryl methyl sites for hydroxylation is 1. The number of rotatable bonds is 9. The number of fused-ring (bicyclic) bond motifs is 1. The molecule has 1 aromatic heterocycles. The van der Waals surface area contributed by atoms with Gasteiger partial charge in [0.25, 0.3) is 0 Å². The summed E-state index contributed by atoms with van der Waals surface area (Å²) >= 11 is 0. The fourth-order valence-electron chi connectivity index (χ4n) is 5.50. The summed E-state index contributed by atoms with van der Waals surface area (Å²) in [6.45, 7) is 5.61. The number of aromatic nitrogens is 1. The van der Waals surface area contributed by atoms with Crippen LogP contribution in [0.2, 0.25) is 18.6 Å². The minimum Gasteiger partial charge on any atom is -0.396 e. The molecular formula is C27H35FN2O3Si. The average Bonchev–Trinajstić information content (AvgIpc) is 3.34. The second kappa shape index (κ2) is 10.4. The monoisotopic (exact) mass is 482 g/mol. The second-order valence-electron chi connectivity index (χ2n) is 9.99. The van der Waals surface area contributed by atoms with Gasteiger partial charge in [-0.2, -0.15) is 0 Å². The fourth-order valence-corrected chi connectivity index (χ4v) is 8.09. The average molecular weight is 483 g/mol. The summed E-state index contributed by atoms with van der Waals surface area (Å²) < 4.78 is 21.1. The van der Waals surface area contributed by atoms with Crippen LogP contribution in [0.25, 0.3) is 10.9 Å². The maximum Gasteiger partial charge on any atom is 0.246 e. The van der Waals surface area contributed by atoms with Crippen LogP contribution in [0.4, 0.5) is 9.80 Å². The minimum absolute atomic E-state index is 0.000345. The molecule has 1 saturated heterocycles. The third-order valence-electron chi connectivity index (χ3n) is 7.09. The zero-order chi connectivity index (χ0) is 24.3. The van der Waals surface area contributed by atoms with E-state index in [9.17, 15) is 14.0 Å². The van der Waals surface area contributed by atoms with Crippen LogP contribution in [-0.2, 0) is 22.4 Å². The topological polar surface area (TPSA) is 74.3 Å². The van der Waals surface area contributed by atoms with Crippen molar-refractivity contribution in [3.8, 4) is 0 Å². The number of carbonyl (C=O) groups excluding carboxylic acids is 1. The SMILES string of the molecule is C[C@H]1[C@H]([Si](C)(C)F)[C@@H](CCO)O[C@H]1CCc1ccc(NC(=O)Cc2c[nH]c3ccccc23)cc1. The van der Waals surface area contributed by atoms with E-state index in [2.05, 4.69) is 17.2 Å². The number of aromatic amines is 1. The number of halogens is 1. The lowest BCUT2D eigenvalue weighted by Crippen LogP contribution is -2.36. The summed E-state index contributed by atoms with van der Waals surface area (Å²) in [7, 11) is -2.88. The summed E-state index contributed by atoms with van der Waals surface area (Å²) in [5.41, 5.74) is 3.85. The van der Waals surface area contributed by atoms with E-state index in [0.717, 1.165) is 40.6 Å². The molecule has 182 valence electrons. The van der Waals surface area contributed by atoms with Crippen LogP contribution in [0, 0.1) is 5.92 Å². The van der Waals surface area contributed by atoms with Gasteiger partial charge in [0.05, 0.1) is 18.6 Å². The van der Waals surface area contributed by atoms with Crippen molar-refractivity contribution in [3.05, 3.63) is 65.9 Å². The highest BCUT2D eigenvalue weighted by molar-refractivity contribution is 6.72. The molecule has 1 amide bonds. The van der Waals surface area contributed by atoms with Gasteiger partial charge in [-0.05, 0) is 67.6 Å². The van der Waals surface area contributed by atoms with E-state index in [1.165, 1.54) is 0 Å². The fraction of sp³-hybridized carbons (Fsp3) is 0.444. The van der Waals surface area contributed by atoms with E-state index < -0.39 is 8.41 Å². The Kier molecular flexibility index (Phi) is 7.55. The van der Waals surface area contributed by atoms with E-state index in [0.29, 0.717) is 12.8 Å². The minimum atomic E-state index is -2.88. The molecule has 4 rings (SSSR count). The van der Waals surface area contributed by atoms with Crippen molar-refractivity contribution < 1.29 is 18.7 Å². The first-order chi connectivity index (χ1) is 16.3. The molecular weight excluding hydrogens is 447 g/mol. The lowest BCUT2D eigenvalue weighted by molar-refractivity contribution is -0.115. The number of carbonyl (C=O) groups is 1. The molecule has 1 aliphatic rings. The summed E-state index contributed by atoms with van der Waals surface area (Å²) in [6.07, 6.45) is 4.15. The van der Waals surface area contributed by atoms with E-state index in [1.807, 2.05) is 54.7 Å². The number of para-hydroxylation sites is 1. The summed E-state index contributed by atoms with van der Waals surface area (Å²) in [5, 5.41) is 13.4. The molecule has 0 unspecified atom stereocenters. The highest BCUT2D eigenvalue weighted by Crippen LogP contribution is 2.46. The Bertz CT molecular complexity index is 1110. The summed E-state index contributed by atoms with van der Waals surface area (Å²) in [5.74, 6) is 0.0935. The van der Waals surface area contributed by atoms with E-state index >= 15 is 0 Å². The molecule has 3 N–H and O–H groups in total. The number of aliphatic hydroxyl groups is 1. The molecule has 1 fully saturated rings. The largest absolute Gasteiger partial charge is 0.396 e. The van der Waals surface area contributed by atoms with Gasteiger partial charge in [-0.25, -0.2) is 0 Å².